The predicted molar refractivity (Wildman–Crippen MR) is 144 cm³/mol. The van der Waals surface area contributed by atoms with E-state index in [-0.39, 0.29) is 34.8 Å². The van der Waals surface area contributed by atoms with Crippen molar-refractivity contribution < 1.29 is 24.2 Å². The standard InChI is InChI=1S/C28H27Cl2N3O5/c29-21-12-18(16-38-15-17-6-2-1-3-7-17)13-22(30)25(21)26(34)32-24(27(35)36)14-31-28(37)33-23-11-10-19-8-4-5-9-20(19)23/h1-9,12-13,23-24H,10-11,14-16H2,(H,32,34)(H,35,36)(H2,31,33,37)/t23?,24-/m1/s1. The van der Waals surface area contributed by atoms with Crippen LogP contribution in [0.4, 0.5) is 4.79 Å². The summed E-state index contributed by atoms with van der Waals surface area (Å²) in [6.07, 6.45) is 1.62. The van der Waals surface area contributed by atoms with E-state index in [4.69, 9.17) is 27.9 Å². The van der Waals surface area contributed by atoms with Crippen LogP contribution < -0.4 is 16.0 Å². The Morgan fingerprint density at radius 2 is 1.61 bits per heavy atom. The molecule has 0 heterocycles. The van der Waals surface area contributed by atoms with Crippen LogP contribution in [-0.2, 0) is 29.2 Å². The van der Waals surface area contributed by atoms with Gasteiger partial charge in [0.15, 0.2) is 0 Å². The molecule has 1 unspecified atom stereocenters. The van der Waals surface area contributed by atoms with Crippen LogP contribution in [0.25, 0.3) is 0 Å². The summed E-state index contributed by atoms with van der Waals surface area (Å²) in [4.78, 5) is 37.1. The van der Waals surface area contributed by atoms with E-state index in [1.54, 1.807) is 12.1 Å². The van der Waals surface area contributed by atoms with Gasteiger partial charge in [0, 0.05) is 0 Å². The highest BCUT2D eigenvalue weighted by molar-refractivity contribution is 6.39. The van der Waals surface area contributed by atoms with Gasteiger partial charge in [-0.2, -0.15) is 0 Å². The Balaban J connectivity index is 1.31. The van der Waals surface area contributed by atoms with Crippen LogP contribution in [-0.4, -0.2) is 35.6 Å². The van der Waals surface area contributed by atoms with Gasteiger partial charge in [0.05, 0.1) is 41.4 Å². The Bertz CT molecular complexity index is 1300. The molecule has 0 aliphatic heterocycles. The maximum Gasteiger partial charge on any atom is 0.328 e. The minimum absolute atomic E-state index is 0.0570. The van der Waals surface area contributed by atoms with Gasteiger partial charge in [0.1, 0.15) is 6.04 Å². The van der Waals surface area contributed by atoms with Gasteiger partial charge >= 0.3 is 12.0 Å². The molecule has 0 saturated heterocycles. The van der Waals surface area contributed by atoms with Gasteiger partial charge in [-0.1, -0.05) is 77.8 Å². The van der Waals surface area contributed by atoms with Crippen molar-refractivity contribution in [2.45, 2.75) is 38.1 Å². The number of rotatable bonds is 10. The molecule has 0 spiro atoms. The number of carboxylic acids is 1. The Morgan fingerprint density at radius 1 is 0.947 bits per heavy atom. The molecule has 2 atom stereocenters. The first-order valence-corrected chi connectivity index (χ1v) is 12.8. The number of hydrogen-bond acceptors (Lipinski definition) is 4. The van der Waals surface area contributed by atoms with E-state index in [1.165, 1.54) is 5.56 Å². The van der Waals surface area contributed by atoms with E-state index in [0.29, 0.717) is 12.2 Å². The lowest BCUT2D eigenvalue weighted by Gasteiger charge is -2.19. The smallest absolute Gasteiger partial charge is 0.328 e. The quantitative estimate of drug-likeness (QED) is 0.284. The first-order chi connectivity index (χ1) is 18.3. The molecule has 0 bridgehead atoms. The number of hydrogen-bond donors (Lipinski definition) is 4. The number of benzene rings is 3. The summed E-state index contributed by atoms with van der Waals surface area (Å²) in [6, 6.07) is 18.5. The highest BCUT2D eigenvalue weighted by Crippen LogP contribution is 2.30. The van der Waals surface area contributed by atoms with Crippen LogP contribution in [0.5, 0.6) is 0 Å². The number of carboxylic acid groups (broad SMARTS) is 1. The molecule has 1 aliphatic carbocycles. The Hall–Kier alpha value is -3.59. The van der Waals surface area contributed by atoms with Crippen molar-refractivity contribution in [3.8, 4) is 0 Å². The fourth-order valence-electron chi connectivity index (χ4n) is 4.33. The lowest BCUT2D eigenvalue weighted by Crippen LogP contribution is -2.50. The van der Waals surface area contributed by atoms with Gasteiger partial charge in [-0.05, 0) is 47.2 Å². The molecule has 10 heteroatoms. The number of aryl methyl sites for hydroxylation is 1. The molecule has 3 aromatic carbocycles. The third kappa shape index (κ3) is 7.04. The second-order valence-corrected chi connectivity index (χ2v) is 9.74. The number of ether oxygens (including phenoxy) is 1. The third-order valence-electron chi connectivity index (χ3n) is 6.22. The third-order valence-corrected chi connectivity index (χ3v) is 6.81. The molecular weight excluding hydrogens is 529 g/mol. The number of urea groups is 1. The average Bonchev–Trinajstić information content (AvgIpc) is 3.29. The van der Waals surface area contributed by atoms with Crippen LogP contribution in [0, 0.1) is 0 Å². The number of amides is 3. The second kappa shape index (κ2) is 12.8. The van der Waals surface area contributed by atoms with Crippen LogP contribution in [0.1, 0.15) is 45.1 Å². The Morgan fingerprint density at radius 3 is 2.32 bits per heavy atom. The van der Waals surface area contributed by atoms with Crippen molar-refractivity contribution in [1.82, 2.24) is 16.0 Å². The summed E-state index contributed by atoms with van der Waals surface area (Å²) >= 11 is 12.6. The van der Waals surface area contributed by atoms with Crippen molar-refractivity contribution in [2.24, 2.45) is 0 Å². The summed E-state index contributed by atoms with van der Waals surface area (Å²) in [7, 11) is 0. The minimum atomic E-state index is -1.40. The lowest BCUT2D eigenvalue weighted by atomic mass is 10.1. The van der Waals surface area contributed by atoms with Gasteiger partial charge < -0.3 is 25.8 Å². The lowest BCUT2D eigenvalue weighted by molar-refractivity contribution is -0.139. The van der Waals surface area contributed by atoms with Gasteiger partial charge in [0.25, 0.3) is 5.91 Å². The zero-order valence-electron chi connectivity index (χ0n) is 20.4. The topological polar surface area (TPSA) is 117 Å². The molecule has 3 aromatic rings. The molecule has 0 saturated carbocycles. The predicted octanol–water partition coefficient (Wildman–Crippen LogP) is 4.88. The van der Waals surface area contributed by atoms with Gasteiger partial charge in [-0.15, -0.1) is 0 Å². The SMILES string of the molecule is O=C(NC[C@@H](NC(=O)c1c(Cl)cc(COCc2ccccc2)cc1Cl)C(=O)O)NC1CCc2ccccc21. The second-order valence-electron chi connectivity index (χ2n) is 8.92. The number of nitrogens with one attached hydrogen (secondary N) is 3. The monoisotopic (exact) mass is 555 g/mol. The number of aliphatic carboxylic acids is 1. The van der Waals surface area contributed by atoms with Gasteiger partial charge in [-0.3, -0.25) is 4.79 Å². The summed E-state index contributed by atoms with van der Waals surface area (Å²) < 4.78 is 5.69. The molecule has 198 valence electrons. The molecule has 38 heavy (non-hydrogen) atoms. The van der Waals surface area contributed by atoms with Crippen molar-refractivity contribution in [2.75, 3.05) is 6.54 Å². The van der Waals surface area contributed by atoms with Crippen LogP contribution in [0.3, 0.4) is 0 Å². The van der Waals surface area contributed by atoms with Crippen molar-refractivity contribution in [3.63, 3.8) is 0 Å². The maximum absolute atomic E-state index is 12.9. The van der Waals surface area contributed by atoms with Crippen molar-refractivity contribution >= 4 is 41.1 Å². The summed E-state index contributed by atoms with van der Waals surface area (Å²) in [5.74, 6) is -2.08. The fourth-order valence-corrected chi connectivity index (χ4v) is 5.03. The first kappa shape index (κ1) is 27.4. The van der Waals surface area contributed by atoms with Gasteiger partial charge in [0.2, 0.25) is 0 Å². The zero-order chi connectivity index (χ0) is 27.1. The minimum Gasteiger partial charge on any atom is -0.480 e. The number of fused-ring (bicyclic) bond motifs is 1. The number of carbonyl (C=O) groups is 3. The molecular formula is C28H27Cl2N3O5. The van der Waals surface area contributed by atoms with E-state index < -0.39 is 23.9 Å². The largest absolute Gasteiger partial charge is 0.480 e. The summed E-state index contributed by atoms with van der Waals surface area (Å²) in [6.45, 7) is 0.285. The molecule has 0 fully saturated rings. The molecule has 4 rings (SSSR count). The average molecular weight is 556 g/mol. The van der Waals surface area contributed by atoms with E-state index in [1.807, 2.05) is 54.6 Å². The molecule has 1 aliphatic rings. The van der Waals surface area contributed by atoms with E-state index >= 15 is 0 Å². The zero-order valence-corrected chi connectivity index (χ0v) is 21.9. The number of carbonyl (C=O) groups excluding carboxylic acids is 2. The van der Waals surface area contributed by atoms with Crippen molar-refractivity contribution in [1.29, 1.82) is 0 Å². The van der Waals surface area contributed by atoms with Crippen LogP contribution in [0.2, 0.25) is 10.0 Å². The fraction of sp³-hybridized carbons (Fsp3) is 0.250. The first-order valence-electron chi connectivity index (χ1n) is 12.1. The molecule has 0 aromatic heterocycles. The molecule has 0 radical (unpaired) electrons. The highest BCUT2D eigenvalue weighted by Gasteiger charge is 2.26. The van der Waals surface area contributed by atoms with E-state index in [2.05, 4.69) is 16.0 Å². The molecule has 8 nitrogen and oxygen atoms in total. The molecule has 4 N–H and O–H groups in total. The number of halogens is 2. The Kier molecular flexibility index (Phi) is 9.23. The van der Waals surface area contributed by atoms with Gasteiger partial charge in [-0.25, -0.2) is 9.59 Å². The van der Waals surface area contributed by atoms with E-state index in [0.717, 1.165) is 24.0 Å². The summed E-state index contributed by atoms with van der Waals surface area (Å²) in [5, 5.41) is 17.5. The summed E-state index contributed by atoms with van der Waals surface area (Å²) in [5.41, 5.74) is 3.84. The van der Waals surface area contributed by atoms with Crippen LogP contribution in [0.15, 0.2) is 66.7 Å². The highest BCUT2D eigenvalue weighted by atomic mass is 35.5. The van der Waals surface area contributed by atoms with Crippen molar-refractivity contribution in [3.05, 3.63) is 105 Å². The molecule has 3 amide bonds. The van der Waals surface area contributed by atoms with E-state index in [9.17, 15) is 19.5 Å². The van der Waals surface area contributed by atoms with Crippen LogP contribution >= 0.6 is 23.2 Å². The normalized spacial score (nSPS) is 14.8. The maximum atomic E-state index is 12.9. The Labute approximate surface area is 230 Å².